The van der Waals surface area contributed by atoms with Gasteiger partial charge in [0, 0.05) is 17.0 Å². The number of rotatable bonds is 3. The van der Waals surface area contributed by atoms with Crippen molar-refractivity contribution in [1.29, 1.82) is 0 Å². The second kappa shape index (κ2) is 7.08. The van der Waals surface area contributed by atoms with Crippen LogP contribution in [0.2, 0.25) is 0 Å². The number of amides is 1. The molecule has 0 atom stereocenters. The molecule has 0 unspecified atom stereocenters. The van der Waals surface area contributed by atoms with E-state index in [-0.39, 0.29) is 27.8 Å². The fourth-order valence-corrected chi connectivity index (χ4v) is 3.21. The molecule has 0 fully saturated rings. The molecule has 5 nitrogen and oxygen atoms in total. The largest absolute Gasteiger partial charge is 0.464 e. The Hall–Kier alpha value is -3.21. The van der Waals surface area contributed by atoms with Gasteiger partial charge in [-0.25, -0.2) is 23.5 Å². The first-order chi connectivity index (χ1) is 13.1. The molecule has 0 aliphatic carbocycles. The fraction of sp³-hybridized carbons (Fsp3) is 0.0588. The quantitative estimate of drug-likeness (QED) is 0.437. The molecule has 0 saturated heterocycles. The van der Waals surface area contributed by atoms with E-state index in [2.05, 4.69) is 4.98 Å². The Bertz CT molecular complexity index is 1050. The van der Waals surface area contributed by atoms with Crippen LogP contribution in [-0.2, 0) is 6.18 Å². The van der Waals surface area contributed by atoms with E-state index >= 15 is 0 Å². The summed E-state index contributed by atoms with van der Waals surface area (Å²) in [4.78, 5) is 16.1. The number of hydrogen-bond donors (Lipinski definition) is 2. The third-order valence-electron chi connectivity index (χ3n) is 3.67. The maximum absolute atomic E-state index is 14.0. The molecule has 0 spiro atoms. The van der Waals surface area contributed by atoms with E-state index in [1.165, 1.54) is 11.4 Å². The lowest BCUT2D eigenvalue weighted by atomic mass is 10.1. The number of hydrogen-bond acceptors (Lipinski definition) is 4. The Kier molecular flexibility index (Phi) is 4.94. The van der Waals surface area contributed by atoms with Crippen molar-refractivity contribution in [2.75, 3.05) is 10.6 Å². The molecule has 2 aromatic carbocycles. The normalized spacial score (nSPS) is 11.5. The van der Waals surface area contributed by atoms with Gasteiger partial charge in [-0.05, 0) is 24.3 Å². The summed E-state index contributed by atoms with van der Waals surface area (Å²) in [6, 6.07) is 5.24. The smallest absolute Gasteiger partial charge is 0.418 e. The minimum atomic E-state index is -4.66. The van der Waals surface area contributed by atoms with Crippen molar-refractivity contribution in [3.05, 3.63) is 59.0 Å². The van der Waals surface area contributed by atoms with Gasteiger partial charge < -0.3 is 10.8 Å². The van der Waals surface area contributed by atoms with Crippen LogP contribution in [0.1, 0.15) is 5.56 Å². The van der Waals surface area contributed by atoms with Gasteiger partial charge >= 0.3 is 12.3 Å². The number of thiazole rings is 1. The van der Waals surface area contributed by atoms with E-state index in [0.29, 0.717) is 17.0 Å². The first-order valence-corrected chi connectivity index (χ1v) is 8.36. The average Bonchev–Trinajstić information content (AvgIpc) is 3.06. The molecule has 1 aromatic heterocycles. The number of aromatic nitrogens is 1. The average molecular weight is 415 g/mol. The second-order valence-electron chi connectivity index (χ2n) is 5.53. The number of nitrogens with zero attached hydrogens (tertiary/aromatic N) is 2. The molecule has 0 bridgehead atoms. The van der Waals surface area contributed by atoms with E-state index < -0.39 is 29.5 Å². The first kappa shape index (κ1) is 19.5. The maximum Gasteiger partial charge on any atom is 0.418 e. The molecule has 11 heteroatoms. The molecule has 28 heavy (non-hydrogen) atoms. The molecule has 146 valence electrons. The van der Waals surface area contributed by atoms with Crippen LogP contribution < -0.4 is 10.6 Å². The summed E-state index contributed by atoms with van der Waals surface area (Å²) in [6.45, 7) is 0. The molecular weight excluding hydrogens is 405 g/mol. The molecule has 0 aliphatic rings. The van der Waals surface area contributed by atoms with Crippen LogP contribution >= 0.6 is 11.3 Å². The molecule has 0 radical (unpaired) electrons. The minimum Gasteiger partial charge on any atom is -0.464 e. The van der Waals surface area contributed by atoms with Crippen LogP contribution in [0.3, 0.4) is 0 Å². The monoisotopic (exact) mass is 415 g/mol. The molecule has 1 heterocycles. The van der Waals surface area contributed by atoms with Gasteiger partial charge in [0.2, 0.25) is 0 Å². The highest BCUT2D eigenvalue weighted by Crippen LogP contribution is 2.37. The first-order valence-electron chi connectivity index (χ1n) is 7.48. The van der Waals surface area contributed by atoms with E-state index in [9.17, 15) is 31.9 Å². The summed E-state index contributed by atoms with van der Waals surface area (Å²) < 4.78 is 66.1. The van der Waals surface area contributed by atoms with E-state index in [0.717, 1.165) is 29.5 Å². The van der Waals surface area contributed by atoms with Crippen molar-refractivity contribution in [3.8, 4) is 11.3 Å². The van der Waals surface area contributed by atoms with Gasteiger partial charge in [-0.1, -0.05) is 6.07 Å². The lowest BCUT2D eigenvalue weighted by Gasteiger charge is -2.17. The Balaban J connectivity index is 2.05. The van der Waals surface area contributed by atoms with Gasteiger partial charge in [0.25, 0.3) is 0 Å². The van der Waals surface area contributed by atoms with E-state index in [4.69, 9.17) is 5.73 Å². The van der Waals surface area contributed by atoms with Crippen molar-refractivity contribution < 1.29 is 31.9 Å². The van der Waals surface area contributed by atoms with Crippen molar-refractivity contribution in [2.24, 2.45) is 0 Å². The van der Waals surface area contributed by atoms with Crippen LogP contribution in [0.5, 0.6) is 0 Å². The minimum absolute atomic E-state index is 0.0394. The zero-order chi connectivity index (χ0) is 20.6. The summed E-state index contributed by atoms with van der Waals surface area (Å²) >= 11 is 0.759. The highest BCUT2D eigenvalue weighted by atomic mass is 32.1. The van der Waals surface area contributed by atoms with Gasteiger partial charge in [-0.15, -0.1) is 11.3 Å². The standard InChI is InChI=1S/C17H10F5N3O2S/c18-11-6-12(19)13(23)5-10(11)14-7-28-15(24-14)25(16(26)27)9-3-1-2-8(4-9)17(20,21)22/h1-7H,23H2,(H,26,27). The summed E-state index contributed by atoms with van der Waals surface area (Å²) in [5.74, 6) is -1.93. The Labute approximate surface area is 158 Å². The molecular formula is C17H10F5N3O2S. The zero-order valence-electron chi connectivity index (χ0n) is 13.7. The number of nitrogens with two attached hydrogens (primary N) is 1. The van der Waals surface area contributed by atoms with Crippen LogP contribution in [0.25, 0.3) is 11.3 Å². The summed E-state index contributed by atoms with van der Waals surface area (Å²) in [6.07, 6.45) is -6.25. The lowest BCUT2D eigenvalue weighted by Crippen LogP contribution is -2.24. The molecule has 0 saturated carbocycles. The number of alkyl halides is 3. The number of halogens is 5. The molecule has 3 rings (SSSR count). The summed E-state index contributed by atoms with van der Waals surface area (Å²) in [5.41, 5.74) is 3.54. The van der Waals surface area contributed by atoms with Gasteiger partial charge in [0.05, 0.1) is 22.6 Å². The van der Waals surface area contributed by atoms with Gasteiger partial charge in [-0.3, -0.25) is 0 Å². The molecule has 3 N–H and O–H groups in total. The summed E-state index contributed by atoms with van der Waals surface area (Å²) in [5, 5.41) is 10.5. The maximum atomic E-state index is 14.0. The second-order valence-corrected chi connectivity index (χ2v) is 6.37. The van der Waals surface area contributed by atoms with E-state index in [1.807, 2.05) is 0 Å². The summed E-state index contributed by atoms with van der Waals surface area (Å²) in [7, 11) is 0. The van der Waals surface area contributed by atoms with Gasteiger partial charge in [-0.2, -0.15) is 13.2 Å². The number of benzene rings is 2. The lowest BCUT2D eigenvalue weighted by molar-refractivity contribution is -0.137. The predicted molar refractivity (Wildman–Crippen MR) is 93.5 cm³/mol. The van der Waals surface area contributed by atoms with Crippen molar-refractivity contribution in [1.82, 2.24) is 4.98 Å². The van der Waals surface area contributed by atoms with Crippen molar-refractivity contribution in [3.63, 3.8) is 0 Å². The van der Waals surface area contributed by atoms with Crippen LogP contribution in [0.15, 0.2) is 41.8 Å². The van der Waals surface area contributed by atoms with Crippen molar-refractivity contribution in [2.45, 2.75) is 6.18 Å². The molecule has 3 aromatic rings. The molecule has 1 amide bonds. The van der Waals surface area contributed by atoms with Gasteiger partial charge in [0.1, 0.15) is 11.6 Å². The Morgan fingerprint density at radius 1 is 1.14 bits per heavy atom. The highest BCUT2D eigenvalue weighted by molar-refractivity contribution is 7.14. The zero-order valence-corrected chi connectivity index (χ0v) is 14.5. The Morgan fingerprint density at radius 3 is 2.50 bits per heavy atom. The SMILES string of the molecule is Nc1cc(-c2csc(N(C(=O)O)c3cccc(C(F)(F)F)c3)n2)c(F)cc1F. The highest BCUT2D eigenvalue weighted by Gasteiger charge is 2.32. The third kappa shape index (κ3) is 3.74. The topological polar surface area (TPSA) is 79.5 Å². The number of nitrogen functional groups attached to an aromatic ring is 1. The Morgan fingerprint density at radius 2 is 1.86 bits per heavy atom. The van der Waals surface area contributed by atoms with Crippen LogP contribution in [-0.4, -0.2) is 16.2 Å². The van der Waals surface area contributed by atoms with Crippen LogP contribution in [0, 0.1) is 11.6 Å². The number of carbonyl (C=O) groups is 1. The number of carboxylic acid groups (broad SMARTS) is 1. The predicted octanol–water partition coefficient (Wildman–Crippen LogP) is 5.51. The van der Waals surface area contributed by atoms with Crippen LogP contribution in [0.4, 0.5) is 43.3 Å². The fourth-order valence-electron chi connectivity index (χ4n) is 2.38. The van der Waals surface area contributed by atoms with Gasteiger partial charge in [0.15, 0.2) is 5.13 Å². The third-order valence-corrected chi connectivity index (χ3v) is 4.49. The van der Waals surface area contributed by atoms with Crippen molar-refractivity contribution >= 4 is 33.9 Å². The van der Waals surface area contributed by atoms with E-state index in [1.54, 1.807) is 0 Å². The molecule has 0 aliphatic heterocycles. The number of anilines is 3.